The third kappa shape index (κ3) is 4.52. The number of imidazole rings is 1. The summed E-state index contributed by atoms with van der Waals surface area (Å²) >= 11 is 6.07. The average Bonchev–Trinajstić information content (AvgIpc) is 3.10. The van der Waals surface area contributed by atoms with Gasteiger partial charge in [0, 0.05) is 17.1 Å². The van der Waals surface area contributed by atoms with Crippen molar-refractivity contribution in [3.63, 3.8) is 0 Å². The highest BCUT2D eigenvalue weighted by Crippen LogP contribution is 2.27. The fraction of sp³-hybridized carbons (Fsp3) is 0.269. The number of aromatic nitrogens is 2. The normalized spacial score (nSPS) is 11.7. The van der Waals surface area contributed by atoms with Gasteiger partial charge in [0.15, 0.2) is 0 Å². The van der Waals surface area contributed by atoms with Gasteiger partial charge in [-0.05, 0) is 65.9 Å². The Bertz CT molecular complexity index is 1120. The highest BCUT2D eigenvalue weighted by atomic mass is 35.5. The van der Waals surface area contributed by atoms with Crippen LogP contribution in [-0.4, -0.2) is 16.2 Å². The van der Waals surface area contributed by atoms with Crippen LogP contribution in [0, 0.1) is 0 Å². The maximum absolute atomic E-state index is 6.07. The molecule has 0 aliphatic heterocycles. The van der Waals surface area contributed by atoms with E-state index in [1.54, 1.807) is 0 Å². The van der Waals surface area contributed by atoms with E-state index < -0.39 is 0 Å². The molecule has 4 rings (SSSR count). The summed E-state index contributed by atoms with van der Waals surface area (Å²) in [5, 5.41) is 0.729. The second-order valence-corrected chi connectivity index (χ2v) is 9.00. The molecule has 0 amide bonds. The minimum absolute atomic E-state index is 0.152. The van der Waals surface area contributed by atoms with E-state index in [2.05, 4.69) is 67.8 Å². The van der Waals surface area contributed by atoms with E-state index in [-0.39, 0.29) is 5.41 Å². The molecule has 30 heavy (non-hydrogen) atoms. The monoisotopic (exact) mass is 418 g/mol. The van der Waals surface area contributed by atoms with Crippen molar-refractivity contribution in [2.45, 2.75) is 39.2 Å². The van der Waals surface area contributed by atoms with Crippen molar-refractivity contribution in [2.24, 2.45) is 0 Å². The molecule has 1 aromatic heterocycles. The molecule has 0 fully saturated rings. The Hall–Kier alpha value is -2.78. The molecule has 4 aromatic rings. The molecule has 0 bridgehead atoms. The van der Waals surface area contributed by atoms with Crippen molar-refractivity contribution in [3.05, 3.63) is 83.4 Å². The Morgan fingerprint density at radius 1 is 0.900 bits per heavy atom. The van der Waals surface area contributed by atoms with Gasteiger partial charge in [-0.15, -0.1) is 0 Å². The lowest BCUT2D eigenvalue weighted by Gasteiger charge is -2.19. The number of ether oxygens (including phenoxy) is 1. The van der Waals surface area contributed by atoms with Gasteiger partial charge in [0.1, 0.15) is 11.6 Å². The Morgan fingerprint density at radius 3 is 2.30 bits per heavy atom. The quantitative estimate of drug-likeness (QED) is 0.311. The Balaban J connectivity index is 1.47. The second-order valence-electron chi connectivity index (χ2n) is 8.56. The number of aryl methyl sites for hydroxylation is 1. The van der Waals surface area contributed by atoms with Crippen molar-refractivity contribution < 1.29 is 4.74 Å². The van der Waals surface area contributed by atoms with Crippen LogP contribution in [0.3, 0.4) is 0 Å². The van der Waals surface area contributed by atoms with Gasteiger partial charge in [0.2, 0.25) is 0 Å². The smallest absolute Gasteiger partial charge is 0.141 e. The molecule has 0 saturated heterocycles. The SMILES string of the molecule is CC(C)(C)c1ccc(OCCCn2c(-c3ccc(Cl)cc3)nc3ccccc32)cc1. The van der Waals surface area contributed by atoms with Crippen LogP contribution in [0.2, 0.25) is 5.02 Å². The average molecular weight is 419 g/mol. The molecule has 0 spiro atoms. The number of hydrogen-bond donors (Lipinski definition) is 0. The van der Waals surface area contributed by atoms with E-state index in [4.69, 9.17) is 21.3 Å². The van der Waals surface area contributed by atoms with Crippen LogP contribution in [0.5, 0.6) is 5.75 Å². The first-order valence-electron chi connectivity index (χ1n) is 10.4. The highest BCUT2D eigenvalue weighted by Gasteiger charge is 2.14. The summed E-state index contributed by atoms with van der Waals surface area (Å²) in [5.41, 5.74) is 4.67. The summed E-state index contributed by atoms with van der Waals surface area (Å²) in [7, 11) is 0. The molecule has 0 atom stereocenters. The van der Waals surface area contributed by atoms with Gasteiger partial charge in [-0.1, -0.05) is 56.6 Å². The van der Waals surface area contributed by atoms with Gasteiger partial charge in [-0.3, -0.25) is 0 Å². The van der Waals surface area contributed by atoms with E-state index in [9.17, 15) is 0 Å². The molecule has 0 aliphatic rings. The van der Waals surface area contributed by atoms with Crippen molar-refractivity contribution in [1.82, 2.24) is 9.55 Å². The molecule has 0 aliphatic carbocycles. The maximum Gasteiger partial charge on any atom is 0.141 e. The van der Waals surface area contributed by atoms with Crippen molar-refractivity contribution in [1.29, 1.82) is 0 Å². The molecule has 3 nitrogen and oxygen atoms in total. The minimum atomic E-state index is 0.152. The first-order chi connectivity index (χ1) is 14.4. The summed E-state index contributed by atoms with van der Waals surface area (Å²) in [6.45, 7) is 8.14. The zero-order valence-electron chi connectivity index (χ0n) is 17.7. The number of fused-ring (bicyclic) bond motifs is 1. The fourth-order valence-electron chi connectivity index (χ4n) is 3.59. The molecule has 0 unspecified atom stereocenters. The summed E-state index contributed by atoms with van der Waals surface area (Å²) in [6, 6.07) is 24.5. The van der Waals surface area contributed by atoms with Crippen LogP contribution in [0.25, 0.3) is 22.4 Å². The first kappa shape index (κ1) is 20.5. The number of para-hydroxylation sites is 2. The lowest BCUT2D eigenvalue weighted by Crippen LogP contribution is -2.10. The van der Waals surface area contributed by atoms with E-state index >= 15 is 0 Å². The predicted molar refractivity (Wildman–Crippen MR) is 125 cm³/mol. The largest absolute Gasteiger partial charge is 0.494 e. The van der Waals surface area contributed by atoms with E-state index in [1.807, 2.05) is 30.3 Å². The van der Waals surface area contributed by atoms with Gasteiger partial charge in [-0.25, -0.2) is 4.98 Å². The Morgan fingerprint density at radius 2 is 1.60 bits per heavy atom. The van der Waals surface area contributed by atoms with Crippen molar-refractivity contribution in [2.75, 3.05) is 6.61 Å². The number of halogens is 1. The molecule has 0 N–H and O–H groups in total. The zero-order valence-corrected chi connectivity index (χ0v) is 18.5. The van der Waals surface area contributed by atoms with Crippen LogP contribution in [-0.2, 0) is 12.0 Å². The topological polar surface area (TPSA) is 27.1 Å². The molecule has 0 radical (unpaired) electrons. The minimum Gasteiger partial charge on any atom is -0.494 e. The summed E-state index contributed by atoms with van der Waals surface area (Å²) in [4.78, 5) is 4.86. The standard InChI is InChI=1S/C26H27ClN2O/c1-26(2,3)20-11-15-22(16-12-20)30-18-6-17-29-24-8-5-4-7-23(24)28-25(29)19-9-13-21(27)14-10-19/h4-5,7-16H,6,17-18H2,1-3H3. The van der Waals surface area contributed by atoms with Crippen LogP contribution in [0.4, 0.5) is 0 Å². The lowest BCUT2D eigenvalue weighted by molar-refractivity contribution is 0.302. The Labute approximate surface area is 183 Å². The Kier molecular flexibility index (Phi) is 5.83. The maximum atomic E-state index is 6.07. The van der Waals surface area contributed by atoms with E-state index in [0.717, 1.165) is 46.2 Å². The lowest BCUT2D eigenvalue weighted by atomic mass is 9.87. The molecular weight excluding hydrogens is 392 g/mol. The number of rotatable bonds is 6. The van der Waals surface area contributed by atoms with Gasteiger partial charge in [0.25, 0.3) is 0 Å². The number of hydrogen-bond acceptors (Lipinski definition) is 2. The van der Waals surface area contributed by atoms with Crippen molar-refractivity contribution >= 4 is 22.6 Å². The van der Waals surface area contributed by atoms with E-state index in [0.29, 0.717) is 6.61 Å². The third-order valence-electron chi connectivity index (χ3n) is 5.27. The van der Waals surface area contributed by atoms with Gasteiger partial charge < -0.3 is 9.30 Å². The van der Waals surface area contributed by atoms with Gasteiger partial charge >= 0.3 is 0 Å². The zero-order chi connectivity index (χ0) is 21.1. The molecule has 154 valence electrons. The summed E-state index contributed by atoms with van der Waals surface area (Å²) < 4.78 is 8.26. The fourth-order valence-corrected chi connectivity index (χ4v) is 3.71. The van der Waals surface area contributed by atoms with Crippen LogP contribution in [0.15, 0.2) is 72.8 Å². The first-order valence-corrected chi connectivity index (χ1v) is 10.7. The molecule has 4 heteroatoms. The van der Waals surface area contributed by atoms with Crippen LogP contribution in [0.1, 0.15) is 32.8 Å². The van der Waals surface area contributed by atoms with Crippen LogP contribution >= 0.6 is 11.6 Å². The summed E-state index contributed by atoms with van der Waals surface area (Å²) in [6.07, 6.45) is 0.891. The third-order valence-corrected chi connectivity index (χ3v) is 5.52. The molecule has 1 heterocycles. The van der Waals surface area contributed by atoms with Crippen molar-refractivity contribution in [3.8, 4) is 17.1 Å². The molecule has 0 saturated carbocycles. The predicted octanol–water partition coefficient (Wildman–Crippen LogP) is 7.12. The van der Waals surface area contributed by atoms with Crippen LogP contribution < -0.4 is 4.74 Å². The highest BCUT2D eigenvalue weighted by molar-refractivity contribution is 6.30. The van der Waals surface area contributed by atoms with E-state index in [1.165, 1.54) is 5.56 Å². The molecule has 3 aromatic carbocycles. The van der Waals surface area contributed by atoms with Gasteiger partial charge in [0.05, 0.1) is 17.6 Å². The second kappa shape index (κ2) is 8.53. The molecular formula is C26H27ClN2O. The van der Waals surface area contributed by atoms with Gasteiger partial charge in [-0.2, -0.15) is 0 Å². The number of nitrogens with zero attached hydrogens (tertiary/aromatic N) is 2. The summed E-state index contributed by atoms with van der Waals surface area (Å²) in [5.74, 6) is 1.87. The number of benzene rings is 3.